The number of nitrogens with zero attached hydrogens (tertiary/aromatic N) is 2. The number of aromatic amines is 1. The number of aryl methyl sites for hydroxylation is 1. The number of nitrogens with one attached hydrogen (secondary N) is 2. The lowest BCUT2D eigenvalue weighted by Crippen LogP contribution is -2.48. The minimum atomic E-state index is -0.473. The summed E-state index contributed by atoms with van der Waals surface area (Å²) in [6.45, 7) is 1.85. The van der Waals surface area contributed by atoms with Crippen LogP contribution in [0.4, 0.5) is 10.5 Å². The van der Waals surface area contributed by atoms with Crippen LogP contribution in [0.5, 0.6) is 0 Å². The number of aliphatic imine (C=N–C) groups is 1. The van der Waals surface area contributed by atoms with Crippen molar-refractivity contribution in [2.75, 3.05) is 5.32 Å². The Morgan fingerprint density at radius 3 is 1.64 bits per heavy atom. The molecule has 0 aliphatic heterocycles. The number of anilines is 1. The molecule has 1 heterocycles. The lowest BCUT2D eigenvalue weighted by Gasteiger charge is -2.57. The van der Waals surface area contributed by atoms with Crippen molar-refractivity contribution in [3.63, 3.8) is 0 Å². The molecule has 2 amide bonds. The molecule has 8 saturated carbocycles. The highest BCUT2D eigenvalue weighted by molar-refractivity contribution is 5.98. The van der Waals surface area contributed by atoms with Crippen molar-refractivity contribution in [2.45, 2.75) is 94.8 Å². The molecule has 8 fully saturated rings. The van der Waals surface area contributed by atoms with Gasteiger partial charge in [0.25, 0.3) is 5.56 Å². The number of hydrogen-bond acceptors (Lipinski definition) is 2. The quantitative estimate of drug-likeness (QED) is 0.296. The number of benzene rings is 2. The van der Waals surface area contributed by atoms with Crippen molar-refractivity contribution in [2.24, 2.45) is 40.5 Å². The molecular weight excluding hydrogens is 544 g/mol. The van der Waals surface area contributed by atoms with E-state index in [0.29, 0.717) is 22.1 Å². The van der Waals surface area contributed by atoms with Gasteiger partial charge in [0, 0.05) is 17.6 Å². The molecule has 6 heteroatoms. The van der Waals surface area contributed by atoms with Crippen molar-refractivity contribution in [1.29, 1.82) is 0 Å². The van der Waals surface area contributed by atoms with Gasteiger partial charge in [0.05, 0.1) is 11.3 Å². The highest BCUT2D eigenvalue weighted by atomic mass is 16.2. The molecule has 11 rings (SSSR count). The molecule has 8 bridgehead atoms. The van der Waals surface area contributed by atoms with Gasteiger partial charge in [-0.2, -0.15) is 0 Å². The molecule has 0 spiro atoms. The van der Waals surface area contributed by atoms with E-state index in [1.807, 2.05) is 19.1 Å². The van der Waals surface area contributed by atoms with Crippen LogP contribution in [-0.2, 0) is 10.8 Å². The number of H-pyrrole nitrogens is 1. The van der Waals surface area contributed by atoms with Crippen LogP contribution in [0.3, 0.4) is 0 Å². The summed E-state index contributed by atoms with van der Waals surface area (Å²) in [4.78, 5) is 30.2. The Morgan fingerprint density at radius 2 is 1.18 bits per heavy atom. The van der Waals surface area contributed by atoms with E-state index in [2.05, 4.69) is 51.8 Å². The lowest BCUT2D eigenvalue weighted by molar-refractivity contribution is -0.00530. The van der Waals surface area contributed by atoms with Gasteiger partial charge < -0.3 is 5.32 Å². The van der Waals surface area contributed by atoms with E-state index in [4.69, 9.17) is 0 Å². The second-order valence-electron chi connectivity index (χ2n) is 16.0. The highest BCUT2D eigenvalue weighted by Gasteiger charge is 2.52. The second kappa shape index (κ2) is 9.79. The van der Waals surface area contributed by atoms with Crippen molar-refractivity contribution in [1.82, 2.24) is 9.78 Å². The number of carbonyl (C=O) groups is 1. The molecule has 2 aromatic carbocycles. The summed E-state index contributed by atoms with van der Waals surface area (Å²) in [7, 11) is 0. The largest absolute Gasteiger partial charge is 0.345 e. The summed E-state index contributed by atoms with van der Waals surface area (Å²) in [6, 6.07) is 16.6. The van der Waals surface area contributed by atoms with Crippen molar-refractivity contribution in [3.05, 3.63) is 81.3 Å². The maximum atomic E-state index is 13.4. The average molecular weight is 589 g/mol. The molecule has 1 aromatic heterocycles. The van der Waals surface area contributed by atoms with E-state index >= 15 is 0 Å². The van der Waals surface area contributed by atoms with Crippen LogP contribution in [0.1, 0.15) is 99.4 Å². The third-order valence-electron chi connectivity index (χ3n) is 13.0. The van der Waals surface area contributed by atoms with E-state index in [0.717, 1.165) is 46.9 Å². The molecule has 228 valence electrons. The van der Waals surface area contributed by atoms with Gasteiger partial charge in [-0.25, -0.2) is 14.5 Å². The van der Waals surface area contributed by atoms with Crippen LogP contribution < -0.4 is 10.9 Å². The third kappa shape index (κ3) is 4.38. The van der Waals surface area contributed by atoms with Gasteiger partial charge >= 0.3 is 6.03 Å². The zero-order valence-corrected chi connectivity index (χ0v) is 25.9. The number of aromatic nitrogens is 2. The Labute approximate surface area is 259 Å². The normalized spacial score (nSPS) is 36.4. The standard InChI is InChI=1S/C38H44N4O2/c1-23-34(22-39-36(44)40-32-6-2-30(3-7-32)37-16-24-10-25(17-37)12-26(11-24)18-37)35(43)42(41-23)33-8-4-31(5-9-33)38-19-27-13-28(20-38)15-29(14-27)21-38/h2-9,22,24-29,41H,10-21H2,1H3,(H,40,44). The molecule has 6 nitrogen and oxygen atoms in total. The molecule has 8 aliphatic carbocycles. The first-order valence-corrected chi connectivity index (χ1v) is 17.2. The predicted molar refractivity (Wildman–Crippen MR) is 174 cm³/mol. The van der Waals surface area contributed by atoms with Gasteiger partial charge in [-0.3, -0.25) is 9.89 Å². The van der Waals surface area contributed by atoms with E-state index in [-0.39, 0.29) is 5.56 Å². The smallest absolute Gasteiger partial charge is 0.306 e. The number of amides is 2. The average Bonchev–Trinajstić information content (AvgIpc) is 3.27. The van der Waals surface area contributed by atoms with E-state index in [1.165, 1.54) is 94.4 Å². The Hall–Kier alpha value is -3.41. The molecule has 8 aliphatic rings. The molecular formula is C38H44N4O2. The van der Waals surface area contributed by atoms with Gasteiger partial charge in [0.1, 0.15) is 0 Å². The van der Waals surface area contributed by atoms with Crippen LogP contribution in [0, 0.1) is 42.4 Å². The number of carbonyl (C=O) groups excluding carboxylic acids is 1. The van der Waals surface area contributed by atoms with Gasteiger partial charge in [0.2, 0.25) is 0 Å². The molecule has 2 N–H and O–H groups in total. The maximum Gasteiger partial charge on any atom is 0.345 e. The monoisotopic (exact) mass is 588 g/mol. The molecule has 0 atom stereocenters. The summed E-state index contributed by atoms with van der Waals surface area (Å²) >= 11 is 0. The van der Waals surface area contributed by atoms with Gasteiger partial charge in [-0.15, -0.1) is 0 Å². The van der Waals surface area contributed by atoms with Crippen LogP contribution in [-0.4, -0.2) is 22.0 Å². The summed E-state index contributed by atoms with van der Waals surface area (Å²) in [5, 5.41) is 6.09. The van der Waals surface area contributed by atoms with Crippen LogP contribution in [0.2, 0.25) is 0 Å². The Bertz CT molecular complexity index is 1620. The van der Waals surface area contributed by atoms with Crippen LogP contribution in [0.15, 0.2) is 58.3 Å². The molecule has 0 saturated heterocycles. The van der Waals surface area contributed by atoms with Crippen molar-refractivity contribution in [3.8, 4) is 5.69 Å². The molecule has 3 aromatic rings. The molecule has 0 radical (unpaired) electrons. The lowest BCUT2D eigenvalue weighted by atomic mass is 9.48. The fraction of sp³-hybridized carbons (Fsp3) is 0.553. The first kappa shape index (κ1) is 26.9. The fourth-order valence-corrected chi connectivity index (χ4v) is 12.0. The zero-order valence-electron chi connectivity index (χ0n) is 25.9. The summed E-state index contributed by atoms with van der Waals surface area (Å²) in [5.74, 6) is 5.42. The van der Waals surface area contributed by atoms with Gasteiger partial charge in [-0.1, -0.05) is 24.3 Å². The fourth-order valence-electron chi connectivity index (χ4n) is 12.0. The minimum Gasteiger partial charge on any atom is -0.306 e. The maximum absolute atomic E-state index is 13.4. The molecule has 44 heavy (non-hydrogen) atoms. The van der Waals surface area contributed by atoms with Gasteiger partial charge in [-0.05, 0) is 166 Å². The van der Waals surface area contributed by atoms with Crippen LogP contribution >= 0.6 is 0 Å². The summed E-state index contributed by atoms with van der Waals surface area (Å²) < 4.78 is 1.57. The number of hydrogen-bond donors (Lipinski definition) is 2. The molecule has 0 unspecified atom stereocenters. The zero-order chi connectivity index (χ0) is 29.6. The number of urea groups is 1. The first-order valence-electron chi connectivity index (χ1n) is 17.2. The Kier molecular flexibility index (Phi) is 6.00. The van der Waals surface area contributed by atoms with E-state index in [9.17, 15) is 9.59 Å². The Balaban J connectivity index is 0.880. The minimum absolute atomic E-state index is 0.193. The highest BCUT2D eigenvalue weighted by Crippen LogP contribution is 2.62. The summed E-state index contributed by atoms with van der Waals surface area (Å²) in [6.07, 6.45) is 18.0. The SMILES string of the molecule is Cc1[nH]n(-c2ccc(C34CC5CC(CC(C5)C3)C4)cc2)c(=O)c1C=NC(=O)Nc1ccc(C23CC4CC(CC(C4)C2)C3)cc1. The first-order chi connectivity index (χ1) is 21.3. The topological polar surface area (TPSA) is 79.2 Å². The number of rotatable bonds is 5. The van der Waals surface area contributed by atoms with E-state index < -0.39 is 6.03 Å². The third-order valence-corrected chi connectivity index (χ3v) is 13.0. The van der Waals surface area contributed by atoms with E-state index in [1.54, 1.807) is 4.68 Å². The van der Waals surface area contributed by atoms with Crippen LogP contribution in [0.25, 0.3) is 5.69 Å². The summed E-state index contributed by atoms with van der Waals surface area (Å²) in [5.41, 5.74) is 6.02. The van der Waals surface area contributed by atoms with Crippen molar-refractivity contribution >= 4 is 17.9 Å². The second-order valence-corrected chi connectivity index (χ2v) is 16.0. The van der Waals surface area contributed by atoms with Gasteiger partial charge in [0.15, 0.2) is 0 Å². The Morgan fingerprint density at radius 1 is 0.750 bits per heavy atom. The predicted octanol–water partition coefficient (Wildman–Crippen LogP) is 8.06. The van der Waals surface area contributed by atoms with Crippen molar-refractivity contribution < 1.29 is 4.79 Å².